The van der Waals surface area contributed by atoms with E-state index < -0.39 is 0 Å². The number of rotatable bonds is 7. The number of halogens is 1. The summed E-state index contributed by atoms with van der Waals surface area (Å²) in [5.41, 5.74) is 3.88. The highest BCUT2D eigenvalue weighted by Crippen LogP contribution is 2.29. The van der Waals surface area contributed by atoms with Crippen LogP contribution >= 0.6 is 23.4 Å². The van der Waals surface area contributed by atoms with Crippen molar-refractivity contribution in [1.82, 2.24) is 14.8 Å². The molecule has 4 rings (SSSR count). The van der Waals surface area contributed by atoms with Gasteiger partial charge in [0.2, 0.25) is 5.91 Å². The molecule has 2 aromatic carbocycles. The van der Waals surface area contributed by atoms with E-state index >= 15 is 0 Å². The Balaban J connectivity index is 1.58. The molecule has 0 saturated carbocycles. The molecule has 0 aliphatic rings. The number of carbonyl (C=O) groups is 1. The van der Waals surface area contributed by atoms with E-state index in [2.05, 4.69) is 15.5 Å². The van der Waals surface area contributed by atoms with Crippen LogP contribution in [0.15, 0.2) is 70.4 Å². The van der Waals surface area contributed by atoms with Crippen LogP contribution in [0.1, 0.15) is 23.8 Å². The van der Waals surface area contributed by atoms with E-state index in [0.717, 1.165) is 28.1 Å². The van der Waals surface area contributed by atoms with Gasteiger partial charge in [-0.2, -0.15) is 0 Å². The Morgan fingerprint density at radius 1 is 1.16 bits per heavy atom. The van der Waals surface area contributed by atoms with E-state index in [9.17, 15) is 4.79 Å². The third-order valence-corrected chi connectivity index (χ3v) is 6.34. The third-order valence-electron chi connectivity index (χ3n) is 5.00. The van der Waals surface area contributed by atoms with Crippen LogP contribution in [-0.4, -0.2) is 25.9 Å². The first-order valence-corrected chi connectivity index (χ1v) is 11.4. The van der Waals surface area contributed by atoms with Gasteiger partial charge in [-0.05, 0) is 68.8 Å². The maximum absolute atomic E-state index is 12.9. The van der Waals surface area contributed by atoms with E-state index in [1.807, 2.05) is 79.9 Å². The minimum absolute atomic E-state index is 0.0949. The zero-order chi connectivity index (χ0) is 22.7. The fourth-order valence-electron chi connectivity index (χ4n) is 3.29. The lowest BCUT2D eigenvalue weighted by atomic mass is 10.1. The molecule has 0 fully saturated rings. The average Bonchev–Trinajstić information content (AvgIpc) is 3.41. The summed E-state index contributed by atoms with van der Waals surface area (Å²) in [5, 5.41) is 12.7. The summed E-state index contributed by atoms with van der Waals surface area (Å²) >= 11 is 7.40. The van der Waals surface area contributed by atoms with Crippen LogP contribution in [-0.2, 0) is 11.3 Å². The summed E-state index contributed by atoms with van der Waals surface area (Å²) < 4.78 is 7.49. The number of anilines is 1. The molecule has 1 amide bonds. The molecule has 2 aromatic heterocycles. The predicted octanol–water partition coefficient (Wildman–Crippen LogP) is 5.98. The fourth-order valence-corrected chi connectivity index (χ4v) is 4.26. The second-order valence-electron chi connectivity index (χ2n) is 7.55. The molecule has 0 saturated heterocycles. The molecule has 0 bridgehead atoms. The van der Waals surface area contributed by atoms with Crippen molar-refractivity contribution in [1.29, 1.82) is 0 Å². The van der Waals surface area contributed by atoms with E-state index in [1.165, 1.54) is 11.8 Å². The zero-order valence-electron chi connectivity index (χ0n) is 18.0. The van der Waals surface area contributed by atoms with Crippen molar-refractivity contribution in [3.63, 3.8) is 0 Å². The van der Waals surface area contributed by atoms with Crippen molar-refractivity contribution >= 4 is 35.0 Å². The highest BCUT2D eigenvalue weighted by Gasteiger charge is 2.22. The van der Waals surface area contributed by atoms with Crippen LogP contribution in [0.5, 0.6) is 0 Å². The largest absolute Gasteiger partial charge is 0.467 e. The summed E-state index contributed by atoms with van der Waals surface area (Å²) in [6.45, 7) is 6.32. The van der Waals surface area contributed by atoms with Crippen molar-refractivity contribution in [2.24, 2.45) is 0 Å². The molecule has 4 aromatic rings. The minimum Gasteiger partial charge on any atom is -0.467 e. The molecule has 1 N–H and O–H groups in total. The normalized spacial score (nSPS) is 12.0. The number of thioether (sulfide) groups is 1. The number of nitrogens with zero attached hydrogens (tertiary/aromatic N) is 3. The number of benzene rings is 2. The van der Waals surface area contributed by atoms with Crippen molar-refractivity contribution in [2.75, 3.05) is 5.32 Å². The number of aryl methyl sites for hydroxylation is 2. The summed E-state index contributed by atoms with van der Waals surface area (Å²) in [5.74, 6) is 1.36. The Morgan fingerprint density at radius 3 is 2.62 bits per heavy atom. The number of hydrogen-bond acceptors (Lipinski definition) is 5. The number of hydrogen-bond donors (Lipinski definition) is 1. The van der Waals surface area contributed by atoms with Gasteiger partial charge in [0.25, 0.3) is 0 Å². The highest BCUT2D eigenvalue weighted by molar-refractivity contribution is 8.00. The Morgan fingerprint density at radius 2 is 1.94 bits per heavy atom. The SMILES string of the molecule is Cc1ccc(NC(=O)C(C)Sc2nnc(-c3ccc(Cl)cc3)n2Cc2ccco2)c(C)c1. The first-order chi connectivity index (χ1) is 15.4. The molecular formula is C24H23ClN4O2S. The molecule has 32 heavy (non-hydrogen) atoms. The van der Waals surface area contributed by atoms with Crippen LogP contribution in [0.2, 0.25) is 5.02 Å². The van der Waals surface area contributed by atoms with Gasteiger partial charge in [0.15, 0.2) is 11.0 Å². The first kappa shape index (κ1) is 22.2. The van der Waals surface area contributed by atoms with Gasteiger partial charge in [0.1, 0.15) is 5.76 Å². The van der Waals surface area contributed by atoms with Gasteiger partial charge < -0.3 is 9.73 Å². The van der Waals surface area contributed by atoms with Gasteiger partial charge in [-0.15, -0.1) is 10.2 Å². The molecule has 1 atom stereocenters. The van der Waals surface area contributed by atoms with Gasteiger partial charge in [-0.25, -0.2) is 0 Å². The van der Waals surface area contributed by atoms with Crippen LogP contribution in [0.25, 0.3) is 11.4 Å². The first-order valence-electron chi connectivity index (χ1n) is 10.2. The average molecular weight is 467 g/mol. The molecule has 0 radical (unpaired) electrons. The van der Waals surface area contributed by atoms with Gasteiger partial charge in [0, 0.05) is 16.3 Å². The highest BCUT2D eigenvalue weighted by atomic mass is 35.5. The molecule has 164 valence electrons. The molecule has 8 heteroatoms. The van der Waals surface area contributed by atoms with Gasteiger partial charge in [0.05, 0.1) is 18.1 Å². The number of amides is 1. The van der Waals surface area contributed by atoms with Crippen molar-refractivity contribution < 1.29 is 9.21 Å². The van der Waals surface area contributed by atoms with Gasteiger partial charge in [-0.3, -0.25) is 9.36 Å². The van der Waals surface area contributed by atoms with Gasteiger partial charge >= 0.3 is 0 Å². The van der Waals surface area contributed by atoms with Crippen LogP contribution in [0.4, 0.5) is 5.69 Å². The van der Waals surface area contributed by atoms with Crippen LogP contribution < -0.4 is 5.32 Å². The zero-order valence-corrected chi connectivity index (χ0v) is 19.6. The van der Waals surface area contributed by atoms with Gasteiger partial charge in [-0.1, -0.05) is 41.1 Å². The quantitative estimate of drug-likeness (QED) is 0.339. The van der Waals surface area contributed by atoms with Crippen molar-refractivity contribution in [3.8, 4) is 11.4 Å². The lowest BCUT2D eigenvalue weighted by Crippen LogP contribution is -2.23. The molecule has 6 nitrogen and oxygen atoms in total. The number of carbonyl (C=O) groups excluding carboxylic acids is 1. The predicted molar refractivity (Wildman–Crippen MR) is 128 cm³/mol. The summed E-state index contributed by atoms with van der Waals surface area (Å²) in [6.07, 6.45) is 1.63. The third kappa shape index (κ3) is 5.06. The summed E-state index contributed by atoms with van der Waals surface area (Å²) in [7, 11) is 0. The van der Waals surface area contributed by atoms with E-state index in [1.54, 1.807) is 6.26 Å². The van der Waals surface area contributed by atoms with Crippen LogP contribution in [0, 0.1) is 13.8 Å². The Labute approximate surface area is 196 Å². The molecule has 0 aliphatic heterocycles. The lowest BCUT2D eigenvalue weighted by molar-refractivity contribution is -0.115. The van der Waals surface area contributed by atoms with Crippen LogP contribution in [0.3, 0.4) is 0 Å². The number of aromatic nitrogens is 3. The Hall–Kier alpha value is -3.03. The second-order valence-corrected chi connectivity index (χ2v) is 9.29. The number of furan rings is 1. The molecule has 0 spiro atoms. The van der Waals surface area contributed by atoms with E-state index in [4.69, 9.17) is 16.0 Å². The molecular weight excluding hydrogens is 444 g/mol. The number of nitrogens with one attached hydrogen (secondary N) is 1. The molecule has 1 unspecified atom stereocenters. The maximum Gasteiger partial charge on any atom is 0.237 e. The Kier molecular flexibility index (Phi) is 6.67. The fraction of sp³-hybridized carbons (Fsp3) is 0.208. The monoisotopic (exact) mass is 466 g/mol. The minimum atomic E-state index is -0.381. The van der Waals surface area contributed by atoms with E-state index in [0.29, 0.717) is 22.5 Å². The van der Waals surface area contributed by atoms with Crippen molar-refractivity contribution in [2.45, 2.75) is 37.7 Å². The maximum atomic E-state index is 12.9. The van der Waals surface area contributed by atoms with E-state index in [-0.39, 0.29) is 11.2 Å². The van der Waals surface area contributed by atoms with Crippen molar-refractivity contribution in [3.05, 3.63) is 82.8 Å². The summed E-state index contributed by atoms with van der Waals surface area (Å²) in [6, 6.07) is 17.1. The smallest absolute Gasteiger partial charge is 0.237 e. The molecule has 2 heterocycles. The lowest BCUT2D eigenvalue weighted by Gasteiger charge is -2.14. The second kappa shape index (κ2) is 9.63. The topological polar surface area (TPSA) is 73.0 Å². The molecule has 0 aliphatic carbocycles. The summed E-state index contributed by atoms with van der Waals surface area (Å²) in [4.78, 5) is 12.9. The Bertz CT molecular complexity index is 1220. The standard InChI is InChI=1S/C24H23ClN4O2S/c1-15-6-11-21(16(2)13-15)26-23(30)17(3)32-24-28-27-22(18-7-9-19(25)10-8-18)29(24)14-20-5-4-12-31-20/h4-13,17H,14H2,1-3H3,(H,26,30).